The molecule has 1 aliphatic heterocycles. The molecule has 0 bridgehead atoms. The molecule has 15 heavy (non-hydrogen) atoms. The van der Waals surface area contributed by atoms with Crippen LogP contribution in [0.25, 0.3) is 0 Å². The van der Waals surface area contributed by atoms with Gasteiger partial charge in [0.25, 0.3) is 0 Å². The van der Waals surface area contributed by atoms with E-state index in [1.807, 2.05) is 19.2 Å². The zero-order valence-electron chi connectivity index (χ0n) is 9.08. The minimum atomic E-state index is -0.851. The highest BCUT2D eigenvalue weighted by Crippen LogP contribution is 2.33. The highest BCUT2D eigenvalue weighted by atomic mass is 28.3. The molecule has 1 aromatic carbocycles. The molecule has 1 saturated heterocycles. The van der Waals surface area contributed by atoms with E-state index in [2.05, 4.69) is 0 Å². The minimum absolute atomic E-state index is 0.140. The van der Waals surface area contributed by atoms with E-state index in [1.54, 1.807) is 12.1 Å². The van der Waals surface area contributed by atoms with E-state index in [9.17, 15) is 4.39 Å². The molecule has 0 spiro atoms. The molecular weight excluding hydrogens is 207 g/mol. The highest BCUT2D eigenvalue weighted by Gasteiger charge is 2.23. The summed E-state index contributed by atoms with van der Waals surface area (Å²) in [5.41, 5.74) is 1.29. The molecule has 0 saturated carbocycles. The Balaban J connectivity index is 1.98. The summed E-state index contributed by atoms with van der Waals surface area (Å²) in [4.78, 5) is 0. The Morgan fingerprint density at radius 2 is 1.80 bits per heavy atom. The molecule has 0 aliphatic carbocycles. The maximum absolute atomic E-state index is 12.8. The quantitative estimate of drug-likeness (QED) is 0.702. The van der Waals surface area contributed by atoms with Crippen molar-refractivity contribution < 1.29 is 8.82 Å². The van der Waals surface area contributed by atoms with Gasteiger partial charge >= 0.3 is 0 Å². The third-order valence-electron chi connectivity index (χ3n) is 3.35. The van der Waals surface area contributed by atoms with Crippen LogP contribution in [-0.4, -0.2) is 16.2 Å². The summed E-state index contributed by atoms with van der Waals surface area (Å²) >= 11 is 0. The summed E-state index contributed by atoms with van der Waals surface area (Å²) in [6, 6.07) is 9.50. The van der Waals surface area contributed by atoms with Crippen LogP contribution in [-0.2, 0) is 4.43 Å². The monoisotopic (exact) mass is 224 g/mol. The average molecular weight is 224 g/mol. The van der Waals surface area contributed by atoms with Crippen molar-refractivity contribution >= 4 is 9.04 Å². The molecule has 3 heteroatoms. The molecule has 1 aromatic rings. The summed E-state index contributed by atoms with van der Waals surface area (Å²) < 4.78 is 18.2. The van der Waals surface area contributed by atoms with Crippen molar-refractivity contribution in [3.8, 4) is 0 Å². The first-order valence-electron chi connectivity index (χ1n) is 5.58. The number of hydrogen-bond acceptors (Lipinski definition) is 1. The SMILES string of the molecule is CO[SiH]1CCC(c2ccc(F)cc2)CC1. The molecule has 1 aliphatic rings. The van der Waals surface area contributed by atoms with Gasteiger partial charge in [-0.05, 0) is 48.5 Å². The van der Waals surface area contributed by atoms with Crippen LogP contribution in [0.15, 0.2) is 24.3 Å². The predicted octanol–water partition coefficient (Wildman–Crippen LogP) is 3.07. The molecule has 0 amide bonds. The van der Waals surface area contributed by atoms with Gasteiger partial charge in [0.15, 0.2) is 9.04 Å². The van der Waals surface area contributed by atoms with Crippen molar-refractivity contribution in [2.45, 2.75) is 30.8 Å². The lowest BCUT2D eigenvalue weighted by atomic mass is 9.93. The lowest BCUT2D eigenvalue weighted by Crippen LogP contribution is -2.22. The second-order valence-corrected chi connectivity index (χ2v) is 7.13. The van der Waals surface area contributed by atoms with Crippen molar-refractivity contribution in [2.75, 3.05) is 7.11 Å². The Bertz CT molecular complexity index is 304. The Morgan fingerprint density at radius 3 is 2.33 bits per heavy atom. The van der Waals surface area contributed by atoms with E-state index in [0.717, 1.165) is 0 Å². The molecule has 82 valence electrons. The van der Waals surface area contributed by atoms with Crippen LogP contribution in [0.1, 0.15) is 24.3 Å². The molecule has 0 aromatic heterocycles. The number of benzene rings is 1. The van der Waals surface area contributed by atoms with E-state index in [1.165, 1.54) is 30.5 Å². The molecule has 1 nitrogen and oxygen atoms in total. The van der Waals surface area contributed by atoms with Crippen molar-refractivity contribution in [3.05, 3.63) is 35.6 Å². The fraction of sp³-hybridized carbons (Fsp3) is 0.500. The third-order valence-corrected chi connectivity index (χ3v) is 5.97. The van der Waals surface area contributed by atoms with Gasteiger partial charge in [-0.3, -0.25) is 0 Å². The Kier molecular flexibility index (Phi) is 3.54. The molecule has 0 unspecified atom stereocenters. The van der Waals surface area contributed by atoms with Crippen LogP contribution in [0.2, 0.25) is 12.1 Å². The highest BCUT2D eigenvalue weighted by molar-refractivity contribution is 6.52. The topological polar surface area (TPSA) is 9.23 Å². The zero-order chi connectivity index (χ0) is 10.7. The number of rotatable bonds is 2. The Hall–Kier alpha value is -0.673. The fourth-order valence-electron chi connectivity index (χ4n) is 2.37. The van der Waals surface area contributed by atoms with Gasteiger partial charge in [-0.1, -0.05) is 12.1 Å². The normalized spacial score (nSPS) is 26.5. The van der Waals surface area contributed by atoms with Gasteiger partial charge in [-0.25, -0.2) is 4.39 Å². The number of halogens is 1. The zero-order valence-corrected chi connectivity index (χ0v) is 10.2. The maximum atomic E-state index is 12.8. The molecule has 2 rings (SSSR count). The van der Waals surface area contributed by atoms with E-state index in [4.69, 9.17) is 4.43 Å². The van der Waals surface area contributed by atoms with Gasteiger partial charge in [0, 0.05) is 7.11 Å². The average Bonchev–Trinajstić information content (AvgIpc) is 2.30. The van der Waals surface area contributed by atoms with Gasteiger partial charge in [0.2, 0.25) is 0 Å². The third kappa shape index (κ3) is 2.67. The summed E-state index contributed by atoms with van der Waals surface area (Å²) in [6.07, 6.45) is 2.44. The van der Waals surface area contributed by atoms with Crippen molar-refractivity contribution in [1.29, 1.82) is 0 Å². The second kappa shape index (κ2) is 4.90. The van der Waals surface area contributed by atoms with Crippen LogP contribution in [0, 0.1) is 5.82 Å². The molecule has 1 heterocycles. The smallest absolute Gasteiger partial charge is 0.176 e. The fourth-order valence-corrected chi connectivity index (χ4v) is 4.68. The summed E-state index contributed by atoms with van der Waals surface area (Å²) in [7, 11) is 0.991. The summed E-state index contributed by atoms with van der Waals surface area (Å²) in [5.74, 6) is 0.489. The van der Waals surface area contributed by atoms with E-state index >= 15 is 0 Å². The van der Waals surface area contributed by atoms with Crippen molar-refractivity contribution in [1.82, 2.24) is 0 Å². The molecular formula is C12H17FOSi. The largest absolute Gasteiger partial charge is 0.423 e. The molecule has 0 radical (unpaired) electrons. The lowest BCUT2D eigenvalue weighted by molar-refractivity contribution is 0.398. The lowest BCUT2D eigenvalue weighted by Gasteiger charge is -2.26. The van der Waals surface area contributed by atoms with E-state index in [0.29, 0.717) is 5.92 Å². The van der Waals surface area contributed by atoms with Crippen LogP contribution >= 0.6 is 0 Å². The Labute approximate surface area is 92.0 Å². The maximum Gasteiger partial charge on any atom is 0.176 e. The summed E-state index contributed by atoms with van der Waals surface area (Å²) in [5, 5.41) is 0. The summed E-state index contributed by atoms with van der Waals surface area (Å²) in [6.45, 7) is 0. The van der Waals surface area contributed by atoms with Crippen molar-refractivity contribution in [3.63, 3.8) is 0 Å². The van der Waals surface area contributed by atoms with E-state index < -0.39 is 9.04 Å². The minimum Gasteiger partial charge on any atom is -0.423 e. The predicted molar refractivity (Wildman–Crippen MR) is 62.1 cm³/mol. The first-order chi connectivity index (χ1) is 7.29. The molecule has 0 atom stereocenters. The molecule has 0 N–H and O–H groups in total. The molecule has 1 fully saturated rings. The second-order valence-electron chi connectivity index (χ2n) is 4.26. The van der Waals surface area contributed by atoms with Crippen LogP contribution in [0.4, 0.5) is 4.39 Å². The number of hydrogen-bond donors (Lipinski definition) is 0. The Morgan fingerprint density at radius 1 is 1.20 bits per heavy atom. The van der Waals surface area contributed by atoms with Gasteiger partial charge in [-0.2, -0.15) is 0 Å². The van der Waals surface area contributed by atoms with Gasteiger partial charge in [-0.15, -0.1) is 0 Å². The van der Waals surface area contributed by atoms with Gasteiger partial charge in [0.05, 0.1) is 0 Å². The first kappa shape index (κ1) is 10.8. The first-order valence-corrected chi connectivity index (χ1v) is 7.68. The van der Waals surface area contributed by atoms with Crippen LogP contribution in [0.3, 0.4) is 0 Å². The van der Waals surface area contributed by atoms with Crippen molar-refractivity contribution in [2.24, 2.45) is 0 Å². The standard InChI is InChI=1S/C12H17FOSi/c1-14-15-8-6-11(7-9-15)10-2-4-12(13)5-3-10/h2-5,11,15H,6-9H2,1H3. The van der Waals surface area contributed by atoms with Crippen LogP contribution < -0.4 is 0 Å². The van der Waals surface area contributed by atoms with Gasteiger partial charge in [0.1, 0.15) is 5.82 Å². The van der Waals surface area contributed by atoms with Gasteiger partial charge < -0.3 is 4.43 Å². The van der Waals surface area contributed by atoms with E-state index in [-0.39, 0.29) is 5.82 Å². The van der Waals surface area contributed by atoms with Crippen LogP contribution in [0.5, 0.6) is 0 Å².